The number of benzene rings is 2. The zero-order valence-corrected chi connectivity index (χ0v) is 14.0. The number of hydrogen-bond acceptors (Lipinski definition) is 2. The van der Waals surface area contributed by atoms with Crippen molar-refractivity contribution in [2.75, 3.05) is 18.0 Å². The summed E-state index contributed by atoms with van der Waals surface area (Å²) >= 11 is 11.8. The van der Waals surface area contributed by atoms with Gasteiger partial charge in [-0.05, 0) is 49.2 Å². The molecule has 2 aromatic rings. The van der Waals surface area contributed by atoms with Gasteiger partial charge in [-0.3, -0.25) is 0 Å². The van der Waals surface area contributed by atoms with Gasteiger partial charge < -0.3 is 9.64 Å². The molecular weight excluding hydrogens is 362 g/mol. The van der Waals surface area contributed by atoms with E-state index in [1.807, 2.05) is 12.1 Å². The quantitative estimate of drug-likeness (QED) is 0.614. The zero-order chi connectivity index (χ0) is 17.3. The van der Waals surface area contributed by atoms with E-state index < -0.39 is 11.7 Å². The maximum atomic E-state index is 12.7. The third kappa shape index (κ3) is 3.73. The lowest BCUT2D eigenvalue weighted by molar-refractivity contribution is -0.137. The van der Waals surface area contributed by atoms with Crippen molar-refractivity contribution in [3.05, 3.63) is 52.0 Å². The Morgan fingerprint density at radius 3 is 1.96 bits per heavy atom. The van der Waals surface area contributed by atoms with Crippen molar-refractivity contribution in [3.8, 4) is 11.5 Å². The molecule has 3 rings (SSSR count). The highest BCUT2D eigenvalue weighted by Gasteiger charge is 2.32. The Labute approximate surface area is 147 Å². The molecule has 128 valence electrons. The van der Waals surface area contributed by atoms with Gasteiger partial charge in [-0.15, -0.1) is 0 Å². The maximum absolute atomic E-state index is 12.7. The van der Waals surface area contributed by atoms with Crippen LogP contribution in [-0.4, -0.2) is 13.1 Å². The molecule has 0 bridgehead atoms. The average molecular weight is 376 g/mol. The van der Waals surface area contributed by atoms with Crippen molar-refractivity contribution in [2.45, 2.75) is 19.0 Å². The topological polar surface area (TPSA) is 12.5 Å². The lowest BCUT2D eigenvalue weighted by Crippen LogP contribution is -2.17. The summed E-state index contributed by atoms with van der Waals surface area (Å²) in [5, 5.41) is -0.364. The summed E-state index contributed by atoms with van der Waals surface area (Å²) in [5.41, 5.74) is 0.179. The zero-order valence-electron chi connectivity index (χ0n) is 12.5. The molecule has 1 saturated heterocycles. The highest BCUT2D eigenvalue weighted by atomic mass is 35.5. The van der Waals surface area contributed by atoms with Gasteiger partial charge in [0.25, 0.3) is 0 Å². The molecule has 0 N–H and O–H groups in total. The SMILES string of the molecule is FC(F)(F)c1cc(Cl)c(Oc2ccc(N3CCCC3)cc2)c(Cl)c1. The summed E-state index contributed by atoms with van der Waals surface area (Å²) in [7, 11) is 0. The molecule has 2 nitrogen and oxygen atoms in total. The van der Waals surface area contributed by atoms with Gasteiger partial charge in [-0.2, -0.15) is 13.2 Å². The molecule has 1 aliphatic heterocycles. The molecule has 0 atom stereocenters. The fourth-order valence-electron chi connectivity index (χ4n) is 2.64. The van der Waals surface area contributed by atoms with Crippen LogP contribution in [0.1, 0.15) is 18.4 Å². The summed E-state index contributed by atoms with van der Waals surface area (Å²) in [6.45, 7) is 2.05. The van der Waals surface area contributed by atoms with Crippen LogP contribution in [0.2, 0.25) is 10.0 Å². The highest BCUT2D eigenvalue weighted by Crippen LogP contribution is 2.41. The Kier molecular flexibility index (Phi) is 4.83. The molecular formula is C17H14Cl2F3NO. The first kappa shape index (κ1) is 17.2. The predicted molar refractivity (Wildman–Crippen MR) is 89.4 cm³/mol. The molecule has 0 aromatic heterocycles. The van der Waals surface area contributed by atoms with E-state index in [4.69, 9.17) is 27.9 Å². The number of alkyl halides is 3. The van der Waals surface area contributed by atoms with E-state index in [1.54, 1.807) is 12.1 Å². The molecule has 0 spiro atoms. The summed E-state index contributed by atoms with van der Waals surface area (Å²) in [5.74, 6) is 0.474. The number of ether oxygens (including phenoxy) is 1. The number of anilines is 1. The molecule has 2 aromatic carbocycles. The normalized spacial score (nSPS) is 15.0. The molecule has 0 radical (unpaired) electrons. The van der Waals surface area contributed by atoms with Crippen LogP contribution in [0, 0.1) is 0 Å². The summed E-state index contributed by atoms with van der Waals surface area (Å²) in [4.78, 5) is 2.27. The van der Waals surface area contributed by atoms with Crippen molar-refractivity contribution in [3.63, 3.8) is 0 Å². The van der Waals surface area contributed by atoms with Crippen molar-refractivity contribution in [1.29, 1.82) is 0 Å². The summed E-state index contributed by atoms with van der Waals surface area (Å²) in [6.07, 6.45) is -2.16. The van der Waals surface area contributed by atoms with Crippen LogP contribution in [0.5, 0.6) is 11.5 Å². The molecule has 1 fully saturated rings. The van der Waals surface area contributed by atoms with Crippen LogP contribution in [-0.2, 0) is 6.18 Å². The fraction of sp³-hybridized carbons (Fsp3) is 0.294. The minimum absolute atomic E-state index is 0.0141. The van der Waals surface area contributed by atoms with Crippen LogP contribution < -0.4 is 9.64 Å². The van der Waals surface area contributed by atoms with E-state index in [0.29, 0.717) is 5.75 Å². The first-order chi connectivity index (χ1) is 11.3. The summed E-state index contributed by atoms with van der Waals surface area (Å²) < 4.78 is 43.8. The Hall–Kier alpha value is -1.59. The second kappa shape index (κ2) is 6.73. The maximum Gasteiger partial charge on any atom is 0.416 e. The standard InChI is InChI=1S/C17H14Cl2F3NO/c18-14-9-11(17(20,21)22)10-15(19)16(14)24-13-5-3-12(4-6-13)23-7-1-2-8-23/h3-6,9-10H,1-2,7-8H2. The molecule has 0 unspecified atom stereocenters. The molecule has 1 heterocycles. The Morgan fingerprint density at radius 1 is 0.917 bits per heavy atom. The van der Waals surface area contributed by atoms with Crippen molar-refractivity contribution in [1.82, 2.24) is 0 Å². The van der Waals surface area contributed by atoms with Crippen molar-refractivity contribution in [2.24, 2.45) is 0 Å². The second-order valence-corrected chi connectivity index (χ2v) is 6.37. The van der Waals surface area contributed by atoms with Crippen LogP contribution in [0.25, 0.3) is 0 Å². The number of halogens is 5. The smallest absolute Gasteiger partial charge is 0.416 e. The van der Waals surface area contributed by atoms with Gasteiger partial charge in [0.2, 0.25) is 0 Å². The largest absolute Gasteiger partial charge is 0.454 e. The van der Waals surface area contributed by atoms with Crippen molar-refractivity contribution < 1.29 is 17.9 Å². The van der Waals surface area contributed by atoms with Gasteiger partial charge in [-0.1, -0.05) is 23.2 Å². The van der Waals surface area contributed by atoms with Gasteiger partial charge in [0.1, 0.15) is 5.75 Å². The molecule has 24 heavy (non-hydrogen) atoms. The van der Waals surface area contributed by atoms with E-state index in [9.17, 15) is 13.2 Å². The molecule has 0 aliphatic carbocycles. The Balaban J connectivity index is 1.80. The average Bonchev–Trinajstić information content (AvgIpc) is 3.05. The predicted octanol–water partition coefficient (Wildman–Crippen LogP) is 6.40. The summed E-state index contributed by atoms with van der Waals surface area (Å²) in [6, 6.07) is 8.93. The van der Waals surface area contributed by atoms with Gasteiger partial charge in [0.15, 0.2) is 5.75 Å². The Bertz CT molecular complexity index is 703. The van der Waals surface area contributed by atoms with Gasteiger partial charge in [0.05, 0.1) is 15.6 Å². The van der Waals surface area contributed by atoms with Crippen LogP contribution >= 0.6 is 23.2 Å². The van der Waals surface area contributed by atoms with Crippen molar-refractivity contribution >= 4 is 28.9 Å². The van der Waals surface area contributed by atoms with Gasteiger partial charge >= 0.3 is 6.18 Å². The molecule has 7 heteroatoms. The van der Waals surface area contributed by atoms with E-state index in [-0.39, 0.29) is 15.8 Å². The van der Waals surface area contributed by atoms with Crippen LogP contribution in [0.3, 0.4) is 0 Å². The lowest BCUT2D eigenvalue weighted by Gasteiger charge is -2.18. The monoisotopic (exact) mass is 375 g/mol. The minimum Gasteiger partial charge on any atom is -0.454 e. The van der Waals surface area contributed by atoms with Gasteiger partial charge in [0, 0.05) is 18.8 Å². The van der Waals surface area contributed by atoms with Crippen LogP contribution in [0.4, 0.5) is 18.9 Å². The molecule has 0 saturated carbocycles. The third-order valence-corrected chi connectivity index (χ3v) is 4.41. The molecule has 1 aliphatic rings. The minimum atomic E-state index is -4.51. The molecule has 0 amide bonds. The Morgan fingerprint density at radius 2 is 1.46 bits per heavy atom. The van der Waals surface area contributed by atoms with Crippen LogP contribution in [0.15, 0.2) is 36.4 Å². The third-order valence-electron chi connectivity index (χ3n) is 3.85. The number of rotatable bonds is 3. The van der Waals surface area contributed by atoms with Gasteiger partial charge in [-0.25, -0.2) is 0 Å². The van der Waals surface area contributed by atoms with E-state index in [2.05, 4.69) is 4.90 Å². The second-order valence-electron chi connectivity index (χ2n) is 5.56. The first-order valence-corrected chi connectivity index (χ1v) is 8.19. The van der Waals surface area contributed by atoms with E-state index in [0.717, 1.165) is 30.9 Å². The highest BCUT2D eigenvalue weighted by molar-refractivity contribution is 6.37. The fourth-order valence-corrected chi connectivity index (χ4v) is 3.20. The first-order valence-electron chi connectivity index (χ1n) is 7.44. The number of hydrogen-bond donors (Lipinski definition) is 0. The lowest BCUT2D eigenvalue weighted by atomic mass is 10.2. The van der Waals surface area contributed by atoms with E-state index >= 15 is 0 Å². The number of nitrogens with zero attached hydrogens (tertiary/aromatic N) is 1. The van der Waals surface area contributed by atoms with E-state index in [1.165, 1.54) is 12.8 Å².